The largest absolute Gasteiger partial charge is 0.493 e. The fourth-order valence-corrected chi connectivity index (χ4v) is 2.12. The molecule has 93 valence electrons. The summed E-state index contributed by atoms with van der Waals surface area (Å²) in [6.07, 6.45) is 0. The average molecular weight is 282 g/mol. The second kappa shape index (κ2) is 5.51. The second-order valence-corrected chi connectivity index (χ2v) is 4.34. The van der Waals surface area contributed by atoms with Crippen LogP contribution in [-0.2, 0) is 0 Å². The number of halogens is 2. The van der Waals surface area contributed by atoms with Gasteiger partial charge in [-0.25, -0.2) is 0 Å². The third kappa shape index (κ3) is 2.26. The lowest BCUT2D eigenvalue weighted by molar-refractivity contribution is 0.356. The lowest BCUT2D eigenvalue weighted by atomic mass is 10.0. The molecule has 0 aromatic heterocycles. The maximum atomic E-state index is 6.20. The first kappa shape index (κ1) is 13.1. The average Bonchev–Trinajstić information content (AvgIpc) is 2.41. The van der Waals surface area contributed by atoms with Crippen LogP contribution in [-0.4, -0.2) is 14.2 Å². The van der Waals surface area contributed by atoms with Crippen LogP contribution in [0.4, 0.5) is 0 Å². The molecule has 0 saturated heterocycles. The van der Waals surface area contributed by atoms with Crippen molar-refractivity contribution < 1.29 is 9.47 Å². The second-order valence-electron chi connectivity index (χ2n) is 3.56. The molecule has 2 aromatic carbocycles. The van der Waals surface area contributed by atoms with Crippen molar-refractivity contribution in [3.8, 4) is 22.6 Å². The van der Waals surface area contributed by atoms with Crippen molar-refractivity contribution in [1.82, 2.24) is 0 Å². The van der Waals surface area contributed by atoms with Gasteiger partial charge in [0.25, 0.3) is 0 Å². The van der Waals surface area contributed by atoms with Crippen LogP contribution < -0.4 is 9.47 Å². The van der Waals surface area contributed by atoms with E-state index >= 15 is 0 Å². The summed E-state index contributed by atoms with van der Waals surface area (Å²) in [5.41, 5.74) is 1.49. The molecule has 2 aromatic rings. The zero-order valence-electron chi connectivity index (χ0n) is 9.96. The van der Waals surface area contributed by atoms with Gasteiger partial charge in [0.2, 0.25) is 0 Å². The third-order valence-corrected chi connectivity index (χ3v) is 3.38. The van der Waals surface area contributed by atoms with E-state index in [-0.39, 0.29) is 0 Å². The van der Waals surface area contributed by atoms with Crippen molar-refractivity contribution in [2.45, 2.75) is 0 Å². The van der Waals surface area contributed by atoms with E-state index in [1.54, 1.807) is 32.4 Å². The highest BCUT2D eigenvalue weighted by atomic mass is 35.5. The highest BCUT2D eigenvalue weighted by Crippen LogP contribution is 2.41. The normalized spacial score (nSPS) is 10.2. The summed E-state index contributed by atoms with van der Waals surface area (Å²) in [7, 11) is 3.16. The van der Waals surface area contributed by atoms with E-state index in [1.165, 1.54) is 0 Å². The summed E-state index contributed by atoms with van der Waals surface area (Å²) in [6.45, 7) is 0. The number of ether oxygens (including phenoxy) is 2. The highest BCUT2D eigenvalue weighted by molar-refractivity contribution is 6.43. The maximum Gasteiger partial charge on any atom is 0.169 e. The van der Waals surface area contributed by atoms with E-state index < -0.39 is 0 Å². The highest BCUT2D eigenvalue weighted by Gasteiger charge is 2.15. The number of rotatable bonds is 3. The van der Waals surface area contributed by atoms with Crippen molar-refractivity contribution in [2.75, 3.05) is 14.2 Å². The molecule has 2 nitrogen and oxygen atoms in total. The summed E-state index contributed by atoms with van der Waals surface area (Å²) in [4.78, 5) is 0. The number of benzene rings is 2. The SMILES string of the molecule is COc1cc[c]c(-c2cccc(Cl)c2Cl)c1OC. The first-order valence-corrected chi connectivity index (χ1v) is 6.01. The topological polar surface area (TPSA) is 18.5 Å². The first-order chi connectivity index (χ1) is 8.69. The van der Waals surface area contributed by atoms with E-state index in [0.717, 1.165) is 11.1 Å². The molecule has 0 unspecified atom stereocenters. The Kier molecular flexibility index (Phi) is 4.00. The van der Waals surface area contributed by atoms with Gasteiger partial charge in [-0.3, -0.25) is 0 Å². The van der Waals surface area contributed by atoms with Crippen LogP contribution in [0.5, 0.6) is 11.5 Å². The molecule has 0 bridgehead atoms. The minimum absolute atomic E-state index is 0.474. The molecule has 0 amide bonds. The van der Waals surface area contributed by atoms with Crippen molar-refractivity contribution in [3.05, 3.63) is 46.4 Å². The van der Waals surface area contributed by atoms with Gasteiger partial charge in [0.05, 0.1) is 24.3 Å². The standard InChI is InChI=1S/C14H11Cl2O2/c1-17-12-8-4-6-10(14(12)18-2)9-5-3-7-11(15)13(9)16/h3-5,7-8H,1-2H3. The minimum Gasteiger partial charge on any atom is -0.493 e. The Labute approximate surface area is 116 Å². The lowest BCUT2D eigenvalue weighted by Gasteiger charge is -2.13. The summed E-state index contributed by atoms with van der Waals surface area (Å²) in [5.74, 6) is 1.21. The fourth-order valence-electron chi connectivity index (χ4n) is 1.73. The molecule has 2 rings (SSSR count). The molecule has 0 aliphatic heterocycles. The molecule has 0 spiro atoms. The molecule has 4 heteroatoms. The summed E-state index contributed by atoms with van der Waals surface area (Å²) < 4.78 is 10.6. The number of hydrogen-bond donors (Lipinski definition) is 0. The van der Waals surface area contributed by atoms with E-state index in [9.17, 15) is 0 Å². The molecule has 0 aliphatic carbocycles. The Morgan fingerprint density at radius 3 is 2.50 bits per heavy atom. The molecular weight excluding hydrogens is 271 g/mol. The molecule has 1 radical (unpaired) electrons. The Bertz CT molecular complexity index is 568. The van der Waals surface area contributed by atoms with Crippen LogP contribution >= 0.6 is 23.2 Å². The molecule has 0 heterocycles. The number of hydrogen-bond acceptors (Lipinski definition) is 2. The van der Waals surface area contributed by atoms with Crippen LogP contribution in [0.3, 0.4) is 0 Å². The van der Waals surface area contributed by atoms with Crippen LogP contribution in [0.15, 0.2) is 30.3 Å². The van der Waals surface area contributed by atoms with Crippen LogP contribution in [0.1, 0.15) is 0 Å². The lowest BCUT2D eigenvalue weighted by Crippen LogP contribution is -1.93. The van der Waals surface area contributed by atoms with Gasteiger partial charge in [-0.05, 0) is 24.3 Å². The van der Waals surface area contributed by atoms with Crippen molar-refractivity contribution >= 4 is 23.2 Å². The molecule has 0 N–H and O–H groups in total. The zero-order valence-corrected chi connectivity index (χ0v) is 11.5. The van der Waals surface area contributed by atoms with Gasteiger partial charge < -0.3 is 9.47 Å². The van der Waals surface area contributed by atoms with Gasteiger partial charge in [-0.2, -0.15) is 0 Å². The first-order valence-electron chi connectivity index (χ1n) is 5.26. The molecular formula is C14H11Cl2O2. The molecule has 0 fully saturated rings. The van der Waals surface area contributed by atoms with Crippen molar-refractivity contribution in [3.63, 3.8) is 0 Å². The third-order valence-electron chi connectivity index (χ3n) is 2.56. The minimum atomic E-state index is 0.474. The van der Waals surface area contributed by atoms with Gasteiger partial charge in [-0.1, -0.05) is 35.3 Å². The number of methoxy groups -OCH3 is 2. The van der Waals surface area contributed by atoms with Gasteiger partial charge in [-0.15, -0.1) is 0 Å². The summed E-state index contributed by atoms with van der Waals surface area (Å²) in [5, 5.41) is 0.967. The molecule has 18 heavy (non-hydrogen) atoms. The summed E-state index contributed by atoms with van der Waals surface area (Å²) >= 11 is 12.2. The Morgan fingerprint density at radius 1 is 1.06 bits per heavy atom. The van der Waals surface area contributed by atoms with E-state index in [4.69, 9.17) is 32.7 Å². The predicted molar refractivity (Wildman–Crippen MR) is 73.8 cm³/mol. The quantitative estimate of drug-likeness (QED) is 0.826. The molecule has 0 aliphatic rings. The fraction of sp³-hybridized carbons (Fsp3) is 0.143. The van der Waals surface area contributed by atoms with E-state index in [1.807, 2.05) is 12.1 Å². The predicted octanol–water partition coefficient (Wildman–Crippen LogP) is 4.48. The van der Waals surface area contributed by atoms with Gasteiger partial charge in [0, 0.05) is 11.1 Å². The van der Waals surface area contributed by atoms with Gasteiger partial charge in [0.1, 0.15) is 0 Å². The van der Waals surface area contributed by atoms with Gasteiger partial charge in [0.15, 0.2) is 11.5 Å². The van der Waals surface area contributed by atoms with Crippen LogP contribution in [0.25, 0.3) is 11.1 Å². The van der Waals surface area contributed by atoms with E-state index in [2.05, 4.69) is 6.07 Å². The molecule has 0 saturated carbocycles. The smallest absolute Gasteiger partial charge is 0.169 e. The maximum absolute atomic E-state index is 6.20. The van der Waals surface area contributed by atoms with Crippen molar-refractivity contribution in [2.24, 2.45) is 0 Å². The monoisotopic (exact) mass is 281 g/mol. The Hall–Kier alpha value is -1.38. The van der Waals surface area contributed by atoms with E-state index in [0.29, 0.717) is 21.5 Å². The Balaban J connectivity index is 2.67. The van der Waals surface area contributed by atoms with Crippen molar-refractivity contribution in [1.29, 1.82) is 0 Å². The molecule has 0 atom stereocenters. The Morgan fingerprint density at radius 2 is 1.83 bits per heavy atom. The van der Waals surface area contributed by atoms with Crippen LogP contribution in [0, 0.1) is 6.07 Å². The zero-order chi connectivity index (χ0) is 13.1. The summed E-state index contributed by atoms with van der Waals surface area (Å²) in [6, 6.07) is 12.1. The van der Waals surface area contributed by atoms with Gasteiger partial charge >= 0.3 is 0 Å². The van der Waals surface area contributed by atoms with Crippen LogP contribution in [0.2, 0.25) is 10.0 Å².